The molecule has 0 bridgehead atoms. The average Bonchev–Trinajstić information content (AvgIpc) is 2.29. The zero-order chi connectivity index (χ0) is 12.7. The number of urea groups is 1. The van der Waals surface area contributed by atoms with Crippen LogP contribution >= 0.6 is 0 Å². The molecule has 3 N–H and O–H groups in total. The maximum atomic E-state index is 11.4. The first-order valence-corrected chi connectivity index (χ1v) is 5.03. The Bertz CT molecular complexity index is 406. The van der Waals surface area contributed by atoms with Gasteiger partial charge in [0.15, 0.2) is 0 Å². The van der Waals surface area contributed by atoms with Gasteiger partial charge < -0.3 is 20.5 Å². The van der Waals surface area contributed by atoms with E-state index in [4.69, 9.17) is 9.84 Å². The monoisotopic (exact) mass is 238 g/mol. The van der Waals surface area contributed by atoms with E-state index in [0.29, 0.717) is 11.4 Å². The molecule has 0 aliphatic heterocycles. The van der Waals surface area contributed by atoms with E-state index in [1.54, 1.807) is 24.3 Å². The Morgan fingerprint density at radius 2 is 2.06 bits per heavy atom. The summed E-state index contributed by atoms with van der Waals surface area (Å²) in [5, 5.41) is 13.4. The third-order valence-corrected chi connectivity index (χ3v) is 1.98. The highest BCUT2D eigenvalue weighted by Crippen LogP contribution is 2.22. The minimum Gasteiger partial charge on any atom is -0.495 e. The van der Waals surface area contributed by atoms with Gasteiger partial charge in [-0.25, -0.2) is 4.79 Å². The lowest BCUT2D eigenvalue weighted by molar-refractivity contribution is -0.136. The Balaban J connectivity index is 2.47. The molecular weight excluding hydrogens is 224 g/mol. The van der Waals surface area contributed by atoms with Crippen LogP contribution in [0.1, 0.15) is 6.42 Å². The predicted molar refractivity (Wildman–Crippen MR) is 62.3 cm³/mol. The van der Waals surface area contributed by atoms with Crippen molar-refractivity contribution in [2.75, 3.05) is 19.0 Å². The first kappa shape index (κ1) is 12.8. The number of ether oxygens (including phenoxy) is 1. The lowest BCUT2D eigenvalue weighted by Crippen LogP contribution is -2.30. The van der Waals surface area contributed by atoms with Crippen molar-refractivity contribution in [3.8, 4) is 5.75 Å². The summed E-state index contributed by atoms with van der Waals surface area (Å²) in [6, 6.07) is 6.49. The molecule has 0 atom stereocenters. The second-order valence-corrected chi connectivity index (χ2v) is 3.22. The Morgan fingerprint density at radius 1 is 1.35 bits per heavy atom. The minimum atomic E-state index is -0.956. The lowest BCUT2D eigenvalue weighted by atomic mass is 10.3. The first-order chi connectivity index (χ1) is 8.13. The van der Waals surface area contributed by atoms with Gasteiger partial charge in [-0.15, -0.1) is 0 Å². The van der Waals surface area contributed by atoms with Gasteiger partial charge >= 0.3 is 12.0 Å². The average molecular weight is 238 g/mol. The first-order valence-electron chi connectivity index (χ1n) is 5.03. The van der Waals surface area contributed by atoms with Crippen LogP contribution in [0.2, 0.25) is 0 Å². The van der Waals surface area contributed by atoms with Crippen molar-refractivity contribution in [3.63, 3.8) is 0 Å². The van der Waals surface area contributed by atoms with Crippen molar-refractivity contribution in [1.82, 2.24) is 5.32 Å². The van der Waals surface area contributed by atoms with Crippen LogP contribution in [0.15, 0.2) is 24.3 Å². The van der Waals surface area contributed by atoms with Gasteiger partial charge in [0.05, 0.1) is 19.2 Å². The summed E-state index contributed by atoms with van der Waals surface area (Å²) < 4.78 is 5.05. The molecule has 6 nitrogen and oxygen atoms in total. The molecule has 0 radical (unpaired) electrons. The SMILES string of the molecule is COc1ccccc1NC(=O)NCCC(=O)O. The van der Waals surface area contributed by atoms with E-state index in [-0.39, 0.29) is 13.0 Å². The van der Waals surface area contributed by atoms with Crippen LogP contribution in [-0.2, 0) is 4.79 Å². The molecule has 0 saturated carbocycles. The number of hydrogen-bond acceptors (Lipinski definition) is 3. The van der Waals surface area contributed by atoms with Crippen molar-refractivity contribution in [2.24, 2.45) is 0 Å². The molecule has 0 unspecified atom stereocenters. The number of carboxylic acid groups (broad SMARTS) is 1. The van der Waals surface area contributed by atoms with Gasteiger partial charge in [-0.05, 0) is 12.1 Å². The van der Waals surface area contributed by atoms with E-state index in [1.807, 2.05) is 0 Å². The fraction of sp³-hybridized carbons (Fsp3) is 0.273. The maximum Gasteiger partial charge on any atom is 0.319 e. The van der Waals surface area contributed by atoms with Gasteiger partial charge in [0, 0.05) is 6.54 Å². The standard InChI is InChI=1S/C11H14N2O4/c1-17-9-5-3-2-4-8(9)13-11(16)12-7-6-10(14)15/h2-5H,6-7H2,1H3,(H,14,15)(H2,12,13,16). The van der Waals surface area contributed by atoms with E-state index in [9.17, 15) is 9.59 Å². The summed E-state index contributed by atoms with van der Waals surface area (Å²) >= 11 is 0. The predicted octanol–water partition coefficient (Wildman–Crippen LogP) is 1.29. The number of amides is 2. The molecule has 0 aliphatic carbocycles. The number of carboxylic acids is 1. The summed E-state index contributed by atoms with van der Waals surface area (Å²) in [5.41, 5.74) is 0.530. The molecule has 1 aromatic rings. The lowest BCUT2D eigenvalue weighted by Gasteiger charge is -2.10. The van der Waals surface area contributed by atoms with Crippen molar-refractivity contribution >= 4 is 17.7 Å². The van der Waals surface area contributed by atoms with E-state index in [0.717, 1.165) is 0 Å². The fourth-order valence-corrected chi connectivity index (χ4v) is 1.20. The molecule has 0 fully saturated rings. The molecule has 0 aliphatic rings. The fourth-order valence-electron chi connectivity index (χ4n) is 1.20. The second kappa shape index (κ2) is 6.37. The number of carbonyl (C=O) groups excluding carboxylic acids is 1. The minimum absolute atomic E-state index is 0.0797. The molecule has 17 heavy (non-hydrogen) atoms. The largest absolute Gasteiger partial charge is 0.495 e. The third-order valence-electron chi connectivity index (χ3n) is 1.98. The van der Waals surface area contributed by atoms with Gasteiger partial charge in [-0.1, -0.05) is 12.1 Å². The Hall–Kier alpha value is -2.24. The number of aliphatic carboxylic acids is 1. The molecule has 2 amide bonds. The molecule has 0 saturated heterocycles. The van der Waals surface area contributed by atoms with Crippen molar-refractivity contribution in [3.05, 3.63) is 24.3 Å². The second-order valence-electron chi connectivity index (χ2n) is 3.22. The molecule has 0 spiro atoms. The van der Waals surface area contributed by atoms with E-state index in [2.05, 4.69) is 10.6 Å². The van der Waals surface area contributed by atoms with Crippen LogP contribution in [0, 0.1) is 0 Å². The van der Waals surface area contributed by atoms with Gasteiger partial charge in [0.25, 0.3) is 0 Å². The van der Waals surface area contributed by atoms with Crippen molar-refractivity contribution in [1.29, 1.82) is 0 Å². The Morgan fingerprint density at radius 3 is 2.71 bits per heavy atom. The number of benzene rings is 1. The number of para-hydroxylation sites is 2. The number of nitrogens with one attached hydrogen (secondary N) is 2. The summed E-state index contributed by atoms with van der Waals surface area (Å²) in [6.07, 6.45) is -0.112. The summed E-state index contributed by atoms with van der Waals surface area (Å²) in [5.74, 6) is -0.413. The van der Waals surface area contributed by atoms with Crippen molar-refractivity contribution in [2.45, 2.75) is 6.42 Å². The normalized spacial score (nSPS) is 9.47. The smallest absolute Gasteiger partial charge is 0.319 e. The van der Waals surface area contributed by atoms with Gasteiger partial charge in [0.2, 0.25) is 0 Å². The summed E-state index contributed by atoms with van der Waals surface area (Å²) in [4.78, 5) is 21.6. The summed E-state index contributed by atoms with van der Waals surface area (Å²) in [7, 11) is 1.50. The van der Waals surface area contributed by atoms with Gasteiger partial charge in [-0.2, -0.15) is 0 Å². The number of anilines is 1. The highest BCUT2D eigenvalue weighted by Gasteiger charge is 2.06. The van der Waals surface area contributed by atoms with Crippen LogP contribution in [0.4, 0.5) is 10.5 Å². The molecule has 1 rings (SSSR count). The topological polar surface area (TPSA) is 87.7 Å². The number of rotatable bonds is 5. The molecule has 6 heteroatoms. The summed E-state index contributed by atoms with van der Waals surface area (Å²) in [6.45, 7) is 0.0797. The van der Waals surface area contributed by atoms with E-state index in [1.165, 1.54) is 7.11 Å². The number of methoxy groups -OCH3 is 1. The molecule has 92 valence electrons. The van der Waals surface area contributed by atoms with Gasteiger partial charge in [0.1, 0.15) is 5.75 Å². The highest BCUT2D eigenvalue weighted by molar-refractivity contribution is 5.91. The molecule has 0 heterocycles. The number of hydrogen-bond donors (Lipinski definition) is 3. The van der Waals surface area contributed by atoms with Crippen LogP contribution in [0.5, 0.6) is 5.75 Å². The van der Waals surface area contributed by atoms with Crippen LogP contribution in [-0.4, -0.2) is 30.8 Å². The van der Waals surface area contributed by atoms with Crippen molar-refractivity contribution < 1.29 is 19.4 Å². The maximum absolute atomic E-state index is 11.4. The zero-order valence-electron chi connectivity index (χ0n) is 9.40. The van der Waals surface area contributed by atoms with E-state index < -0.39 is 12.0 Å². The quantitative estimate of drug-likeness (QED) is 0.721. The van der Waals surface area contributed by atoms with E-state index >= 15 is 0 Å². The highest BCUT2D eigenvalue weighted by atomic mass is 16.5. The van der Waals surface area contributed by atoms with Gasteiger partial charge in [-0.3, -0.25) is 4.79 Å². The van der Waals surface area contributed by atoms with Crippen LogP contribution < -0.4 is 15.4 Å². The third kappa shape index (κ3) is 4.42. The molecular formula is C11H14N2O4. The molecule has 0 aromatic heterocycles. The number of carbonyl (C=O) groups is 2. The van der Waals surface area contributed by atoms with Crippen LogP contribution in [0.25, 0.3) is 0 Å². The zero-order valence-corrected chi connectivity index (χ0v) is 9.40. The molecule has 1 aromatic carbocycles. The van der Waals surface area contributed by atoms with Crippen LogP contribution in [0.3, 0.4) is 0 Å². The Labute approximate surface area is 98.6 Å². The Kier molecular flexibility index (Phi) is 4.80.